The van der Waals surface area contributed by atoms with Gasteiger partial charge in [0.1, 0.15) is 0 Å². The number of halogens is 1. The molecular weight excluding hydrogens is 256 g/mol. The van der Waals surface area contributed by atoms with Crippen LogP contribution >= 0.6 is 15.9 Å². The van der Waals surface area contributed by atoms with Crippen LogP contribution < -0.4 is 0 Å². The number of rotatable bonds is 5. The second-order valence-electron chi connectivity index (χ2n) is 2.97. The van der Waals surface area contributed by atoms with Crippen molar-refractivity contribution in [3.8, 4) is 0 Å². The standard InChI is InChI=1S/C12H11BrO2/c13-7-2-1-6-12-10(8-14)4-3-5-11(12)9-15/h1,3-6,8-9H,2,7H2. The van der Waals surface area contributed by atoms with Crippen LogP contribution in [0.15, 0.2) is 24.3 Å². The van der Waals surface area contributed by atoms with Gasteiger partial charge in [-0.1, -0.05) is 46.3 Å². The molecule has 0 spiro atoms. The summed E-state index contributed by atoms with van der Waals surface area (Å²) in [4.78, 5) is 21.5. The van der Waals surface area contributed by atoms with Gasteiger partial charge in [0, 0.05) is 16.5 Å². The van der Waals surface area contributed by atoms with Gasteiger partial charge in [-0.05, 0) is 12.0 Å². The van der Waals surface area contributed by atoms with Crippen molar-refractivity contribution in [2.45, 2.75) is 6.42 Å². The number of aldehydes is 2. The fraction of sp³-hybridized carbons (Fsp3) is 0.167. The maximum atomic E-state index is 10.8. The lowest BCUT2D eigenvalue weighted by atomic mass is 10.0. The molecule has 0 aromatic heterocycles. The molecule has 0 heterocycles. The highest BCUT2D eigenvalue weighted by Gasteiger charge is 2.03. The molecule has 0 unspecified atom stereocenters. The zero-order chi connectivity index (χ0) is 11.1. The van der Waals surface area contributed by atoms with Crippen molar-refractivity contribution in [3.05, 3.63) is 41.0 Å². The quantitative estimate of drug-likeness (QED) is 0.606. The van der Waals surface area contributed by atoms with Crippen molar-refractivity contribution in [3.63, 3.8) is 0 Å². The normalized spacial score (nSPS) is 10.5. The summed E-state index contributed by atoms with van der Waals surface area (Å²) in [5, 5.41) is 0.864. The molecule has 1 aromatic rings. The van der Waals surface area contributed by atoms with Gasteiger partial charge in [-0.3, -0.25) is 9.59 Å². The SMILES string of the molecule is O=Cc1cccc(C=O)c1C=CCCBr. The summed E-state index contributed by atoms with van der Waals surface area (Å²) in [6.07, 6.45) is 6.14. The van der Waals surface area contributed by atoms with E-state index in [9.17, 15) is 9.59 Å². The van der Waals surface area contributed by atoms with E-state index >= 15 is 0 Å². The Kier molecular flexibility index (Phi) is 4.98. The van der Waals surface area contributed by atoms with Crippen molar-refractivity contribution in [2.24, 2.45) is 0 Å². The van der Waals surface area contributed by atoms with Crippen molar-refractivity contribution in [2.75, 3.05) is 5.33 Å². The van der Waals surface area contributed by atoms with E-state index in [1.54, 1.807) is 18.2 Å². The fourth-order valence-electron chi connectivity index (χ4n) is 1.26. The predicted molar refractivity (Wildman–Crippen MR) is 64.7 cm³/mol. The maximum Gasteiger partial charge on any atom is 0.150 e. The van der Waals surface area contributed by atoms with Gasteiger partial charge in [-0.2, -0.15) is 0 Å². The summed E-state index contributed by atoms with van der Waals surface area (Å²) in [5.41, 5.74) is 1.79. The molecule has 1 aromatic carbocycles. The molecule has 2 nitrogen and oxygen atoms in total. The molecule has 0 fully saturated rings. The van der Waals surface area contributed by atoms with Crippen LogP contribution in [-0.4, -0.2) is 17.9 Å². The van der Waals surface area contributed by atoms with E-state index in [4.69, 9.17) is 0 Å². The summed E-state index contributed by atoms with van der Waals surface area (Å²) >= 11 is 3.30. The number of carbonyl (C=O) groups is 2. The minimum Gasteiger partial charge on any atom is -0.298 e. The van der Waals surface area contributed by atoms with Gasteiger partial charge in [-0.25, -0.2) is 0 Å². The van der Waals surface area contributed by atoms with Gasteiger partial charge in [-0.15, -0.1) is 0 Å². The average molecular weight is 267 g/mol. The Labute approximate surface area is 97.1 Å². The maximum absolute atomic E-state index is 10.8. The molecule has 0 saturated carbocycles. The van der Waals surface area contributed by atoms with Gasteiger partial charge < -0.3 is 0 Å². The Balaban J connectivity index is 3.10. The van der Waals surface area contributed by atoms with E-state index in [1.165, 1.54) is 0 Å². The van der Waals surface area contributed by atoms with E-state index < -0.39 is 0 Å². The molecular formula is C12H11BrO2. The largest absolute Gasteiger partial charge is 0.298 e. The minimum atomic E-state index is 0.547. The molecule has 0 bridgehead atoms. The molecule has 0 aliphatic carbocycles. The summed E-state index contributed by atoms with van der Waals surface area (Å²) in [7, 11) is 0. The number of alkyl halides is 1. The molecule has 0 saturated heterocycles. The van der Waals surface area contributed by atoms with Crippen molar-refractivity contribution in [1.29, 1.82) is 0 Å². The Bertz CT molecular complexity index is 357. The summed E-state index contributed by atoms with van der Waals surface area (Å²) < 4.78 is 0. The Morgan fingerprint density at radius 3 is 2.20 bits per heavy atom. The zero-order valence-corrected chi connectivity index (χ0v) is 9.74. The van der Waals surface area contributed by atoms with Crippen LogP contribution in [0.5, 0.6) is 0 Å². The summed E-state index contributed by atoms with van der Waals surface area (Å²) in [6.45, 7) is 0. The topological polar surface area (TPSA) is 34.1 Å². The number of benzene rings is 1. The molecule has 78 valence electrons. The van der Waals surface area contributed by atoms with Crippen LogP contribution in [0.25, 0.3) is 6.08 Å². The molecule has 1 rings (SSSR count). The number of hydrogen-bond donors (Lipinski definition) is 0. The number of carbonyl (C=O) groups excluding carboxylic acids is 2. The summed E-state index contributed by atoms with van der Waals surface area (Å²) in [6, 6.07) is 5.11. The highest BCUT2D eigenvalue weighted by atomic mass is 79.9. The van der Waals surface area contributed by atoms with Crippen molar-refractivity contribution in [1.82, 2.24) is 0 Å². The first-order chi connectivity index (χ1) is 7.33. The molecule has 0 aliphatic heterocycles. The third-order valence-electron chi connectivity index (χ3n) is 1.99. The van der Waals surface area contributed by atoms with Crippen molar-refractivity contribution >= 4 is 34.6 Å². The average Bonchev–Trinajstić information content (AvgIpc) is 2.29. The second-order valence-corrected chi connectivity index (χ2v) is 3.76. The second kappa shape index (κ2) is 6.30. The fourth-order valence-corrected chi connectivity index (χ4v) is 1.53. The van der Waals surface area contributed by atoms with Crippen LogP contribution in [0.4, 0.5) is 0 Å². The van der Waals surface area contributed by atoms with Crippen LogP contribution in [0.3, 0.4) is 0 Å². The minimum absolute atomic E-state index is 0.547. The number of hydrogen-bond acceptors (Lipinski definition) is 2. The van der Waals surface area contributed by atoms with Crippen LogP contribution in [0.1, 0.15) is 32.7 Å². The Morgan fingerprint density at radius 1 is 1.13 bits per heavy atom. The van der Waals surface area contributed by atoms with Gasteiger partial charge >= 0.3 is 0 Å². The smallest absolute Gasteiger partial charge is 0.150 e. The molecule has 3 heteroatoms. The van der Waals surface area contributed by atoms with Crippen LogP contribution in [0, 0.1) is 0 Å². The Hall–Kier alpha value is -1.22. The van der Waals surface area contributed by atoms with Crippen molar-refractivity contribution < 1.29 is 9.59 Å². The predicted octanol–water partition coefficient (Wildman–Crippen LogP) is 3.11. The lowest BCUT2D eigenvalue weighted by Gasteiger charge is -2.01. The molecule has 0 amide bonds. The van der Waals surface area contributed by atoms with Crippen LogP contribution in [0.2, 0.25) is 0 Å². The van der Waals surface area contributed by atoms with Gasteiger partial charge in [0.15, 0.2) is 12.6 Å². The molecule has 0 radical (unpaired) electrons. The third-order valence-corrected chi connectivity index (χ3v) is 2.45. The first-order valence-corrected chi connectivity index (χ1v) is 5.71. The first kappa shape index (κ1) is 11.9. The lowest BCUT2D eigenvalue weighted by molar-refractivity contribution is 0.112. The van der Waals surface area contributed by atoms with E-state index in [-0.39, 0.29) is 0 Å². The van der Waals surface area contributed by atoms with E-state index in [1.807, 2.05) is 12.2 Å². The van der Waals surface area contributed by atoms with Gasteiger partial charge in [0.2, 0.25) is 0 Å². The summed E-state index contributed by atoms with van der Waals surface area (Å²) in [5.74, 6) is 0. The van der Waals surface area contributed by atoms with Crippen LogP contribution in [-0.2, 0) is 0 Å². The highest BCUT2D eigenvalue weighted by molar-refractivity contribution is 9.09. The van der Waals surface area contributed by atoms with E-state index in [0.29, 0.717) is 16.7 Å². The lowest BCUT2D eigenvalue weighted by Crippen LogP contribution is -1.92. The third kappa shape index (κ3) is 3.13. The monoisotopic (exact) mass is 266 g/mol. The van der Waals surface area contributed by atoms with Gasteiger partial charge in [0.25, 0.3) is 0 Å². The Morgan fingerprint density at radius 2 is 1.73 bits per heavy atom. The van der Waals surface area contributed by atoms with E-state index in [2.05, 4.69) is 15.9 Å². The van der Waals surface area contributed by atoms with Gasteiger partial charge in [0.05, 0.1) is 0 Å². The molecule has 0 aliphatic rings. The highest BCUT2D eigenvalue weighted by Crippen LogP contribution is 2.14. The molecule has 0 N–H and O–H groups in total. The zero-order valence-electron chi connectivity index (χ0n) is 8.15. The molecule has 0 atom stereocenters. The molecule has 15 heavy (non-hydrogen) atoms. The number of allylic oxidation sites excluding steroid dienone is 1. The van der Waals surface area contributed by atoms with E-state index in [0.717, 1.165) is 24.3 Å². The first-order valence-electron chi connectivity index (χ1n) is 4.59.